The predicted molar refractivity (Wildman–Crippen MR) is 103 cm³/mol. The normalized spacial score (nSPS) is 11.7. The van der Waals surface area contributed by atoms with Crippen molar-refractivity contribution < 1.29 is 18.0 Å². The van der Waals surface area contributed by atoms with Crippen LogP contribution in [0.2, 0.25) is 0 Å². The van der Waals surface area contributed by atoms with Crippen LogP contribution in [0, 0.1) is 0 Å². The second-order valence-corrected chi connectivity index (χ2v) is 6.52. The molecule has 0 spiro atoms. The molecule has 8 heteroatoms. The zero-order valence-corrected chi connectivity index (χ0v) is 15.2. The van der Waals surface area contributed by atoms with E-state index in [9.17, 15) is 18.0 Å². The lowest BCUT2D eigenvalue weighted by molar-refractivity contribution is -0.143. The third kappa shape index (κ3) is 3.73. The van der Waals surface area contributed by atoms with Crippen LogP contribution in [0.5, 0.6) is 0 Å². The van der Waals surface area contributed by atoms with Gasteiger partial charge >= 0.3 is 6.18 Å². The van der Waals surface area contributed by atoms with Gasteiger partial charge in [-0.05, 0) is 30.2 Å². The Morgan fingerprint density at radius 2 is 1.79 bits per heavy atom. The Labute approximate surface area is 164 Å². The van der Waals surface area contributed by atoms with E-state index in [0.29, 0.717) is 6.42 Å². The second-order valence-electron chi connectivity index (χ2n) is 6.52. The van der Waals surface area contributed by atoms with Crippen molar-refractivity contribution in [2.24, 2.45) is 0 Å². The average molecular weight is 398 g/mol. The van der Waals surface area contributed by atoms with Gasteiger partial charge in [-0.25, -0.2) is 4.68 Å². The summed E-state index contributed by atoms with van der Waals surface area (Å²) in [5.74, 6) is -0.806. The molecule has 1 amide bonds. The van der Waals surface area contributed by atoms with E-state index in [0.717, 1.165) is 27.3 Å². The molecular formula is C21H17F3N4O. The number of aromatic amines is 1. The van der Waals surface area contributed by atoms with Crippen LogP contribution in [0.3, 0.4) is 0 Å². The molecule has 0 radical (unpaired) electrons. The molecule has 4 aromatic rings. The Kier molecular flexibility index (Phi) is 4.84. The van der Waals surface area contributed by atoms with Crippen molar-refractivity contribution in [1.29, 1.82) is 0 Å². The molecule has 0 aliphatic rings. The van der Waals surface area contributed by atoms with Crippen LogP contribution in [0.1, 0.15) is 21.6 Å². The summed E-state index contributed by atoms with van der Waals surface area (Å²) < 4.78 is 41.7. The first kappa shape index (κ1) is 18.8. The summed E-state index contributed by atoms with van der Waals surface area (Å²) in [7, 11) is 0. The molecule has 0 saturated heterocycles. The minimum absolute atomic E-state index is 0.203. The van der Waals surface area contributed by atoms with Crippen molar-refractivity contribution in [2.45, 2.75) is 12.6 Å². The molecule has 2 aromatic heterocycles. The molecule has 2 N–H and O–H groups in total. The topological polar surface area (TPSA) is 62.7 Å². The van der Waals surface area contributed by atoms with Crippen LogP contribution in [-0.4, -0.2) is 27.2 Å². The molecule has 2 aromatic carbocycles. The Morgan fingerprint density at radius 3 is 2.55 bits per heavy atom. The molecule has 0 bridgehead atoms. The number of carbonyl (C=O) groups is 1. The quantitative estimate of drug-likeness (QED) is 0.525. The van der Waals surface area contributed by atoms with Gasteiger partial charge in [0.2, 0.25) is 0 Å². The van der Waals surface area contributed by atoms with Gasteiger partial charge < -0.3 is 10.3 Å². The van der Waals surface area contributed by atoms with Gasteiger partial charge in [-0.1, -0.05) is 36.4 Å². The molecule has 0 aliphatic carbocycles. The van der Waals surface area contributed by atoms with Crippen molar-refractivity contribution in [3.63, 3.8) is 0 Å². The van der Waals surface area contributed by atoms with E-state index in [1.807, 2.05) is 30.5 Å². The molecule has 5 nitrogen and oxygen atoms in total. The van der Waals surface area contributed by atoms with Crippen LogP contribution in [0.25, 0.3) is 16.6 Å². The number of hydrogen-bond acceptors (Lipinski definition) is 2. The summed E-state index contributed by atoms with van der Waals surface area (Å²) in [6, 6.07) is 15.6. The maximum atomic E-state index is 13.7. The van der Waals surface area contributed by atoms with Gasteiger partial charge in [0.1, 0.15) is 0 Å². The second kappa shape index (κ2) is 7.46. The Bertz CT molecular complexity index is 1150. The number of carbonyl (C=O) groups excluding carboxylic acids is 1. The van der Waals surface area contributed by atoms with Gasteiger partial charge in [0.15, 0.2) is 5.69 Å². The summed E-state index contributed by atoms with van der Waals surface area (Å²) in [6.07, 6.45) is -1.44. The van der Waals surface area contributed by atoms with Gasteiger partial charge in [0.05, 0.1) is 17.4 Å². The number of fused-ring (bicyclic) bond motifs is 1. The fraction of sp³-hybridized carbons (Fsp3) is 0.143. The first-order chi connectivity index (χ1) is 13.9. The summed E-state index contributed by atoms with van der Waals surface area (Å²) >= 11 is 0. The number of hydrogen-bond donors (Lipinski definition) is 2. The van der Waals surface area contributed by atoms with E-state index < -0.39 is 23.3 Å². The SMILES string of the molecule is O=C(NCCc1c[nH]c2ccccc12)c1cnn(-c2ccccc2)c1C(F)(F)F. The number of rotatable bonds is 5. The predicted octanol–water partition coefficient (Wildman–Crippen LogP) is 4.34. The van der Waals surface area contributed by atoms with Gasteiger partial charge in [-0.15, -0.1) is 0 Å². The van der Waals surface area contributed by atoms with Crippen LogP contribution >= 0.6 is 0 Å². The van der Waals surface area contributed by atoms with E-state index in [2.05, 4.69) is 15.4 Å². The van der Waals surface area contributed by atoms with Gasteiger partial charge in [0.25, 0.3) is 5.91 Å². The number of amides is 1. The smallest absolute Gasteiger partial charge is 0.361 e. The molecule has 2 heterocycles. The van der Waals surface area contributed by atoms with Crippen molar-refractivity contribution in [1.82, 2.24) is 20.1 Å². The molecule has 0 aliphatic heterocycles. The molecule has 0 saturated carbocycles. The summed E-state index contributed by atoms with van der Waals surface area (Å²) in [6.45, 7) is 0.203. The monoisotopic (exact) mass is 398 g/mol. The van der Waals surface area contributed by atoms with Gasteiger partial charge in [-0.2, -0.15) is 18.3 Å². The highest BCUT2D eigenvalue weighted by atomic mass is 19.4. The first-order valence-corrected chi connectivity index (χ1v) is 8.99. The number of para-hydroxylation sites is 2. The Hall–Kier alpha value is -3.55. The zero-order valence-electron chi connectivity index (χ0n) is 15.2. The largest absolute Gasteiger partial charge is 0.434 e. The molecule has 0 unspecified atom stereocenters. The van der Waals surface area contributed by atoms with Crippen LogP contribution in [0.15, 0.2) is 67.0 Å². The maximum absolute atomic E-state index is 13.7. The molecule has 0 atom stereocenters. The number of alkyl halides is 3. The van der Waals surface area contributed by atoms with Crippen molar-refractivity contribution in [3.8, 4) is 5.69 Å². The van der Waals surface area contributed by atoms with Crippen LogP contribution in [0.4, 0.5) is 13.2 Å². The third-order valence-electron chi connectivity index (χ3n) is 4.64. The Morgan fingerprint density at radius 1 is 1.07 bits per heavy atom. The van der Waals surface area contributed by atoms with Crippen LogP contribution < -0.4 is 5.32 Å². The number of nitrogens with one attached hydrogen (secondary N) is 2. The molecule has 148 valence electrons. The lowest BCUT2D eigenvalue weighted by Gasteiger charge is -2.12. The van der Waals surface area contributed by atoms with Gasteiger partial charge in [-0.3, -0.25) is 4.79 Å². The highest BCUT2D eigenvalue weighted by Gasteiger charge is 2.40. The lowest BCUT2D eigenvalue weighted by Crippen LogP contribution is -2.28. The van der Waals surface area contributed by atoms with Crippen molar-refractivity contribution in [3.05, 3.63) is 83.8 Å². The molecule has 0 fully saturated rings. The number of aromatic nitrogens is 3. The minimum Gasteiger partial charge on any atom is -0.361 e. The zero-order chi connectivity index (χ0) is 20.4. The van der Waals surface area contributed by atoms with Crippen molar-refractivity contribution in [2.75, 3.05) is 6.54 Å². The summed E-state index contributed by atoms with van der Waals surface area (Å²) in [5, 5.41) is 7.40. The van der Waals surface area contributed by atoms with E-state index in [1.165, 1.54) is 12.1 Å². The maximum Gasteiger partial charge on any atom is 0.434 e. The molecule has 4 rings (SSSR count). The highest BCUT2D eigenvalue weighted by molar-refractivity contribution is 5.95. The minimum atomic E-state index is -4.73. The lowest BCUT2D eigenvalue weighted by atomic mass is 10.1. The highest BCUT2D eigenvalue weighted by Crippen LogP contribution is 2.33. The van der Waals surface area contributed by atoms with Crippen molar-refractivity contribution >= 4 is 16.8 Å². The standard InChI is InChI=1S/C21H17F3N4O/c22-21(23,24)19-17(13-27-28(19)15-6-2-1-3-7-15)20(29)25-11-10-14-12-26-18-9-5-4-8-16(14)18/h1-9,12-13,26H,10-11H2,(H,25,29). The van der Waals surface area contributed by atoms with E-state index in [-0.39, 0.29) is 12.2 Å². The number of H-pyrrole nitrogens is 1. The van der Waals surface area contributed by atoms with Gasteiger partial charge in [0, 0.05) is 23.6 Å². The first-order valence-electron chi connectivity index (χ1n) is 8.99. The molecule has 29 heavy (non-hydrogen) atoms. The van der Waals surface area contributed by atoms with E-state index in [4.69, 9.17) is 0 Å². The third-order valence-corrected chi connectivity index (χ3v) is 4.64. The number of halogens is 3. The van der Waals surface area contributed by atoms with E-state index >= 15 is 0 Å². The summed E-state index contributed by atoms with van der Waals surface area (Å²) in [5.41, 5.74) is 0.598. The fourth-order valence-electron chi connectivity index (χ4n) is 3.30. The number of nitrogens with zero attached hydrogens (tertiary/aromatic N) is 2. The van der Waals surface area contributed by atoms with Crippen LogP contribution in [-0.2, 0) is 12.6 Å². The summed E-state index contributed by atoms with van der Waals surface area (Å²) in [4.78, 5) is 15.6. The average Bonchev–Trinajstić information content (AvgIpc) is 3.33. The number of benzene rings is 2. The molecular weight excluding hydrogens is 381 g/mol. The fourth-order valence-corrected chi connectivity index (χ4v) is 3.30. The van der Waals surface area contributed by atoms with E-state index in [1.54, 1.807) is 18.2 Å². The Balaban J connectivity index is 1.53.